The number of nitrogens with zero attached hydrogens (tertiary/aromatic N) is 2. The van der Waals surface area contributed by atoms with Crippen LogP contribution in [-0.4, -0.2) is 16.5 Å². The van der Waals surface area contributed by atoms with Crippen LogP contribution >= 0.6 is 15.9 Å². The summed E-state index contributed by atoms with van der Waals surface area (Å²) in [6, 6.07) is 0. The molecule has 1 aromatic heterocycles. The van der Waals surface area contributed by atoms with Crippen LogP contribution in [0.5, 0.6) is 0 Å². The Morgan fingerprint density at radius 3 is 2.29 bits per heavy atom. The molecule has 0 aliphatic carbocycles. The molecule has 1 heterocycles. The van der Waals surface area contributed by atoms with E-state index in [4.69, 9.17) is 0 Å². The second kappa shape index (κ2) is 5.80. The average molecular weight is 300 g/mol. The first-order valence-electron chi connectivity index (χ1n) is 6.16. The van der Waals surface area contributed by atoms with E-state index in [1.807, 2.05) is 0 Å². The van der Waals surface area contributed by atoms with Gasteiger partial charge in [-0.2, -0.15) is 0 Å². The van der Waals surface area contributed by atoms with E-state index in [2.05, 4.69) is 65.8 Å². The van der Waals surface area contributed by atoms with Crippen molar-refractivity contribution in [1.29, 1.82) is 0 Å². The van der Waals surface area contributed by atoms with Gasteiger partial charge in [0, 0.05) is 13.0 Å². The quantitative estimate of drug-likeness (QED) is 0.918. The Hall–Kier alpha value is -0.640. The molecular formula is C13H22BrN3. The van der Waals surface area contributed by atoms with Crippen LogP contribution in [0.25, 0.3) is 0 Å². The van der Waals surface area contributed by atoms with E-state index in [1.165, 1.54) is 0 Å². The molecule has 0 fully saturated rings. The highest BCUT2D eigenvalue weighted by Crippen LogP contribution is 2.26. The van der Waals surface area contributed by atoms with Gasteiger partial charge in [0.05, 0.1) is 10.2 Å². The molecule has 0 saturated carbocycles. The van der Waals surface area contributed by atoms with Crippen molar-refractivity contribution in [2.45, 2.75) is 47.5 Å². The van der Waals surface area contributed by atoms with E-state index >= 15 is 0 Å². The molecule has 0 amide bonds. The smallest absolute Gasteiger partial charge is 0.144 e. The Bertz CT molecular complexity index is 383. The molecule has 3 nitrogen and oxygen atoms in total. The number of hydrogen-bond donors (Lipinski definition) is 1. The second-order valence-corrected chi connectivity index (χ2v) is 6.16. The predicted molar refractivity (Wildman–Crippen MR) is 76.4 cm³/mol. The normalized spacial score (nSPS) is 11.6. The van der Waals surface area contributed by atoms with Gasteiger partial charge in [-0.05, 0) is 34.7 Å². The zero-order valence-electron chi connectivity index (χ0n) is 11.4. The van der Waals surface area contributed by atoms with Gasteiger partial charge in [0.25, 0.3) is 0 Å². The summed E-state index contributed by atoms with van der Waals surface area (Å²) in [4.78, 5) is 9.21. The van der Waals surface area contributed by atoms with Crippen LogP contribution < -0.4 is 5.32 Å². The van der Waals surface area contributed by atoms with E-state index < -0.39 is 0 Å². The minimum absolute atomic E-state index is 0.211. The van der Waals surface area contributed by atoms with Gasteiger partial charge in [-0.15, -0.1) is 0 Å². The van der Waals surface area contributed by atoms with Crippen molar-refractivity contribution >= 4 is 21.7 Å². The molecule has 0 aromatic carbocycles. The van der Waals surface area contributed by atoms with Gasteiger partial charge in [0.15, 0.2) is 0 Å². The van der Waals surface area contributed by atoms with Crippen LogP contribution in [0.4, 0.5) is 5.82 Å². The first-order valence-corrected chi connectivity index (χ1v) is 6.95. The Morgan fingerprint density at radius 2 is 1.82 bits per heavy atom. The van der Waals surface area contributed by atoms with Crippen molar-refractivity contribution in [3.05, 3.63) is 16.0 Å². The van der Waals surface area contributed by atoms with E-state index in [-0.39, 0.29) is 5.41 Å². The lowest BCUT2D eigenvalue weighted by molar-refractivity contribution is 0.400. The molecule has 1 N–H and O–H groups in total. The summed E-state index contributed by atoms with van der Waals surface area (Å²) in [5.74, 6) is 1.84. The first-order chi connectivity index (χ1) is 7.87. The van der Waals surface area contributed by atoms with Gasteiger partial charge < -0.3 is 5.32 Å². The molecule has 96 valence electrons. The van der Waals surface area contributed by atoms with Crippen LogP contribution in [0, 0.1) is 5.41 Å². The van der Waals surface area contributed by atoms with Gasteiger partial charge >= 0.3 is 0 Å². The third-order valence-electron chi connectivity index (χ3n) is 2.33. The van der Waals surface area contributed by atoms with Gasteiger partial charge in [-0.3, -0.25) is 0 Å². The Labute approximate surface area is 113 Å². The molecule has 1 aromatic rings. The minimum atomic E-state index is 0.211. The van der Waals surface area contributed by atoms with Crippen LogP contribution in [0.1, 0.15) is 46.1 Å². The number of anilines is 1. The number of halogens is 1. The molecule has 0 aliphatic heterocycles. The maximum Gasteiger partial charge on any atom is 0.144 e. The lowest BCUT2D eigenvalue weighted by atomic mass is 9.92. The number of nitrogens with one attached hydrogen (secondary N) is 1. The van der Waals surface area contributed by atoms with Crippen molar-refractivity contribution in [3.63, 3.8) is 0 Å². The lowest BCUT2D eigenvalue weighted by Crippen LogP contribution is -2.15. The van der Waals surface area contributed by atoms with Crippen molar-refractivity contribution in [2.24, 2.45) is 5.41 Å². The topological polar surface area (TPSA) is 37.8 Å². The van der Waals surface area contributed by atoms with Crippen LogP contribution in [0.2, 0.25) is 0 Å². The van der Waals surface area contributed by atoms with Crippen LogP contribution in [0.3, 0.4) is 0 Å². The third-order valence-corrected chi connectivity index (χ3v) is 3.17. The number of aromatic nitrogens is 2. The van der Waals surface area contributed by atoms with Gasteiger partial charge in [0.1, 0.15) is 11.6 Å². The fourth-order valence-electron chi connectivity index (χ4n) is 1.62. The van der Waals surface area contributed by atoms with Gasteiger partial charge in [-0.25, -0.2) is 9.97 Å². The summed E-state index contributed by atoms with van der Waals surface area (Å²) in [5, 5.41) is 3.28. The van der Waals surface area contributed by atoms with E-state index in [9.17, 15) is 0 Å². The summed E-state index contributed by atoms with van der Waals surface area (Å²) in [5.41, 5.74) is 1.29. The molecule has 4 heteroatoms. The van der Waals surface area contributed by atoms with E-state index in [1.54, 1.807) is 0 Å². The highest BCUT2D eigenvalue weighted by molar-refractivity contribution is 9.10. The van der Waals surface area contributed by atoms with E-state index in [0.717, 1.165) is 41.2 Å². The standard InChI is InChI=1S/C13H22BrN3/c1-6-9-11(14)12(15-7-2)17-10(16-9)8-13(3,4)5/h6-8H2,1-5H3,(H,15,16,17). The van der Waals surface area contributed by atoms with Crippen LogP contribution in [0.15, 0.2) is 4.47 Å². The average Bonchev–Trinajstić information content (AvgIpc) is 2.20. The SMILES string of the molecule is CCNc1nc(CC(C)(C)C)nc(CC)c1Br. The summed E-state index contributed by atoms with van der Waals surface area (Å²) < 4.78 is 1.000. The summed E-state index contributed by atoms with van der Waals surface area (Å²) in [6.07, 6.45) is 1.81. The highest BCUT2D eigenvalue weighted by Gasteiger charge is 2.16. The first kappa shape index (κ1) is 14.4. The predicted octanol–water partition coefficient (Wildman–Crippen LogP) is 3.82. The number of rotatable bonds is 4. The number of hydrogen-bond acceptors (Lipinski definition) is 3. The molecule has 0 spiro atoms. The zero-order chi connectivity index (χ0) is 13.1. The Morgan fingerprint density at radius 1 is 1.18 bits per heavy atom. The lowest BCUT2D eigenvalue weighted by Gasteiger charge is -2.18. The van der Waals surface area contributed by atoms with Gasteiger partial charge in [-0.1, -0.05) is 27.7 Å². The van der Waals surface area contributed by atoms with Crippen molar-refractivity contribution in [1.82, 2.24) is 9.97 Å². The fourth-order valence-corrected chi connectivity index (χ4v) is 2.21. The van der Waals surface area contributed by atoms with Crippen molar-refractivity contribution in [3.8, 4) is 0 Å². The molecule has 0 aliphatic rings. The summed E-state index contributed by atoms with van der Waals surface area (Å²) in [7, 11) is 0. The second-order valence-electron chi connectivity index (χ2n) is 5.37. The summed E-state index contributed by atoms with van der Waals surface area (Å²) >= 11 is 3.57. The molecule has 0 saturated heterocycles. The third kappa shape index (κ3) is 4.26. The molecule has 0 radical (unpaired) electrons. The maximum absolute atomic E-state index is 4.62. The van der Waals surface area contributed by atoms with Crippen molar-refractivity contribution in [2.75, 3.05) is 11.9 Å². The molecule has 17 heavy (non-hydrogen) atoms. The molecule has 0 atom stereocenters. The van der Waals surface area contributed by atoms with Crippen molar-refractivity contribution < 1.29 is 0 Å². The molecule has 0 unspecified atom stereocenters. The molecule has 1 rings (SSSR count). The van der Waals surface area contributed by atoms with Gasteiger partial charge in [0.2, 0.25) is 0 Å². The highest BCUT2D eigenvalue weighted by atomic mass is 79.9. The molecular weight excluding hydrogens is 278 g/mol. The number of aryl methyl sites for hydroxylation is 1. The largest absolute Gasteiger partial charge is 0.369 e. The summed E-state index contributed by atoms with van der Waals surface area (Å²) in [6.45, 7) is 11.7. The van der Waals surface area contributed by atoms with E-state index in [0.29, 0.717) is 0 Å². The van der Waals surface area contributed by atoms with Crippen LogP contribution in [-0.2, 0) is 12.8 Å². The maximum atomic E-state index is 4.62. The Kier molecular flexibility index (Phi) is 4.92. The monoisotopic (exact) mass is 299 g/mol. The zero-order valence-corrected chi connectivity index (χ0v) is 13.0. The Balaban J connectivity index is 3.11. The molecule has 0 bridgehead atoms. The fraction of sp³-hybridized carbons (Fsp3) is 0.692. The minimum Gasteiger partial charge on any atom is -0.369 e.